The lowest BCUT2D eigenvalue weighted by atomic mass is 9.77. The van der Waals surface area contributed by atoms with Crippen molar-refractivity contribution in [2.75, 3.05) is 0 Å². The summed E-state index contributed by atoms with van der Waals surface area (Å²) in [5, 5.41) is 0.646. The van der Waals surface area contributed by atoms with E-state index in [0.29, 0.717) is 16.0 Å². The van der Waals surface area contributed by atoms with Crippen molar-refractivity contribution < 1.29 is 0 Å². The van der Waals surface area contributed by atoms with E-state index < -0.39 is 0 Å². The first-order valence-electron chi connectivity index (χ1n) is 10.7. The van der Waals surface area contributed by atoms with Crippen LogP contribution in [0.15, 0.2) is 85.0 Å². The number of hydrogen-bond acceptors (Lipinski definition) is 0. The van der Waals surface area contributed by atoms with Crippen molar-refractivity contribution in [3.05, 3.63) is 96.1 Å². The summed E-state index contributed by atoms with van der Waals surface area (Å²) in [6.45, 7) is 19.0. The highest BCUT2D eigenvalue weighted by atomic mass is 31.1. The Labute approximate surface area is 180 Å². The summed E-state index contributed by atoms with van der Waals surface area (Å²) in [4.78, 5) is 0. The van der Waals surface area contributed by atoms with Crippen molar-refractivity contribution >= 4 is 7.92 Å². The zero-order valence-electron chi connectivity index (χ0n) is 19.6. The molecule has 156 valence electrons. The molecule has 0 saturated heterocycles. The number of benzene rings is 2. The van der Waals surface area contributed by atoms with E-state index in [4.69, 9.17) is 0 Å². The smallest absolute Gasteiger partial charge is 0.0209 e. The minimum atomic E-state index is -0.211. The molecule has 2 atom stereocenters. The molecule has 0 radical (unpaired) electrons. The Balaban J connectivity index is 0.000000360. The Kier molecular flexibility index (Phi) is 7.69. The van der Waals surface area contributed by atoms with Crippen LogP contribution in [0, 0.1) is 6.92 Å². The zero-order chi connectivity index (χ0) is 21.7. The van der Waals surface area contributed by atoms with Crippen molar-refractivity contribution in [1.29, 1.82) is 0 Å². The second kappa shape index (κ2) is 9.44. The molecular formula is C28H39P. The summed E-state index contributed by atoms with van der Waals surface area (Å²) >= 11 is 0. The molecule has 2 unspecified atom stereocenters. The lowest BCUT2D eigenvalue weighted by Gasteiger charge is -2.51. The monoisotopic (exact) mass is 406 g/mol. The summed E-state index contributed by atoms with van der Waals surface area (Å²) < 4.78 is 0. The van der Waals surface area contributed by atoms with E-state index in [9.17, 15) is 0 Å². The van der Waals surface area contributed by atoms with Crippen molar-refractivity contribution in [3.8, 4) is 0 Å². The van der Waals surface area contributed by atoms with Crippen LogP contribution in [0.3, 0.4) is 0 Å². The highest BCUT2D eigenvalue weighted by molar-refractivity contribution is 7.61. The molecule has 1 aliphatic carbocycles. The molecule has 29 heavy (non-hydrogen) atoms. The fraction of sp³-hybridized carbons (Fsp3) is 0.429. The molecule has 1 aliphatic rings. The van der Waals surface area contributed by atoms with E-state index in [1.165, 1.54) is 11.1 Å². The molecule has 0 N–H and O–H groups in total. The van der Waals surface area contributed by atoms with Gasteiger partial charge in [0.2, 0.25) is 0 Å². The normalized spacial score (nSPS) is 21.6. The minimum Gasteiger partial charge on any atom is -0.0873 e. The lowest BCUT2D eigenvalue weighted by molar-refractivity contribution is 0.578. The van der Waals surface area contributed by atoms with Gasteiger partial charge in [0.05, 0.1) is 0 Å². The van der Waals surface area contributed by atoms with Crippen molar-refractivity contribution in [3.63, 3.8) is 0 Å². The van der Waals surface area contributed by atoms with Gasteiger partial charge < -0.3 is 0 Å². The molecule has 0 aromatic heterocycles. The molecule has 0 saturated carbocycles. The van der Waals surface area contributed by atoms with Gasteiger partial charge in [-0.05, 0) is 22.8 Å². The SMILES string of the molecule is CC1(c2ccccc2)C=CC=CC1P(C(C)(C)C)C(C)(C)C.Cc1ccccc1. The van der Waals surface area contributed by atoms with Gasteiger partial charge in [-0.1, -0.05) is 147 Å². The first-order chi connectivity index (χ1) is 13.5. The van der Waals surface area contributed by atoms with E-state index in [2.05, 4.69) is 122 Å². The predicted octanol–water partition coefficient (Wildman–Crippen LogP) is 8.51. The average Bonchev–Trinajstić information content (AvgIpc) is 2.63. The summed E-state index contributed by atoms with van der Waals surface area (Å²) in [6, 6.07) is 21.3. The maximum atomic E-state index is 2.47. The molecule has 0 amide bonds. The predicted molar refractivity (Wildman–Crippen MR) is 133 cm³/mol. The first-order valence-corrected chi connectivity index (χ1v) is 12.1. The van der Waals surface area contributed by atoms with Crippen LogP contribution in [0.4, 0.5) is 0 Å². The van der Waals surface area contributed by atoms with Crippen LogP contribution in [0.5, 0.6) is 0 Å². The standard InChI is InChI=1S/C21H31P.C7H8/c1-19(2,3)22(20(4,5)6)18-15-11-12-16-21(18,7)17-13-9-8-10-14-17;1-7-5-3-2-4-6-7/h8-16,18H,1-7H3;2-6H,1H3. The van der Waals surface area contributed by atoms with Crippen LogP contribution in [0.25, 0.3) is 0 Å². The third-order valence-electron chi connectivity index (χ3n) is 5.52. The number of hydrogen-bond donors (Lipinski definition) is 0. The minimum absolute atomic E-state index is 0.0856. The highest BCUT2D eigenvalue weighted by Crippen LogP contribution is 2.67. The van der Waals surface area contributed by atoms with E-state index in [1.54, 1.807) is 0 Å². The van der Waals surface area contributed by atoms with Gasteiger partial charge in [-0.15, -0.1) is 0 Å². The molecule has 3 rings (SSSR count). The Morgan fingerprint density at radius 3 is 1.62 bits per heavy atom. The summed E-state index contributed by atoms with van der Waals surface area (Å²) in [6.07, 6.45) is 9.36. The topological polar surface area (TPSA) is 0 Å². The molecule has 0 aliphatic heterocycles. The van der Waals surface area contributed by atoms with Crippen LogP contribution in [-0.4, -0.2) is 16.0 Å². The van der Waals surface area contributed by atoms with Crippen LogP contribution in [0.1, 0.15) is 59.6 Å². The molecule has 0 bridgehead atoms. The second-order valence-electron chi connectivity index (χ2n) is 10.2. The van der Waals surface area contributed by atoms with Crippen molar-refractivity contribution in [2.24, 2.45) is 0 Å². The summed E-state index contributed by atoms with van der Waals surface area (Å²) in [7, 11) is -0.211. The van der Waals surface area contributed by atoms with Gasteiger partial charge in [-0.2, -0.15) is 0 Å². The Bertz CT molecular complexity index is 789. The van der Waals surface area contributed by atoms with Gasteiger partial charge in [-0.3, -0.25) is 0 Å². The van der Waals surface area contributed by atoms with Gasteiger partial charge in [0, 0.05) is 11.1 Å². The maximum absolute atomic E-state index is 2.47. The third-order valence-corrected chi connectivity index (χ3v) is 9.68. The highest BCUT2D eigenvalue weighted by Gasteiger charge is 2.46. The molecule has 0 nitrogen and oxygen atoms in total. The van der Waals surface area contributed by atoms with E-state index in [1.807, 2.05) is 18.2 Å². The van der Waals surface area contributed by atoms with Gasteiger partial charge in [0.1, 0.15) is 0 Å². The Hall–Kier alpha value is -1.65. The summed E-state index contributed by atoms with van der Waals surface area (Å²) in [5.74, 6) is 0. The number of aryl methyl sites for hydroxylation is 1. The molecule has 0 fully saturated rings. The Morgan fingerprint density at radius 2 is 1.21 bits per heavy atom. The molecule has 1 heteroatoms. The average molecular weight is 407 g/mol. The molecule has 2 aromatic carbocycles. The summed E-state index contributed by atoms with van der Waals surface area (Å²) in [5.41, 5.74) is 3.40. The molecular weight excluding hydrogens is 367 g/mol. The second-order valence-corrected chi connectivity index (χ2v) is 14.2. The van der Waals surface area contributed by atoms with E-state index >= 15 is 0 Å². The Morgan fingerprint density at radius 1 is 0.724 bits per heavy atom. The quantitative estimate of drug-likeness (QED) is 0.438. The van der Waals surface area contributed by atoms with E-state index in [-0.39, 0.29) is 13.3 Å². The first kappa shape index (κ1) is 23.6. The lowest BCUT2D eigenvalue weighted by Crippen LogP contribution is -2.41. The third kappa shape index (κ3) is 6.16. The van der Waals surface area contributed by atoms with Gasteiger partial charge >= 0.3 is 0 Å². The van der Waals surface area contributed by atoms with Crippen LogP contribution >= 0.6 is 7.92 Å². The molecule has 0 heterocycles. The van der Waals surface area contributed by atoms with Crippen LogP contribution < -0.4 is 0 Å². The van der Waals surface area contributed by atoms with Crippen molar-refractivity contribution in [1.82, 2.24) is 0 Å². The zero-order valence-corrected chi connectivity index (χ0v) is 20.5. The van der Waals surface area contributed by atoms with Crippen LogP contribution in [0.2, 0.25) is 0 Å². The number of rotatable bonds is 2. The maximum Gasteiger partial charge on any atom is 0.0209 e. The largest absolute Gasteiger partial charge is 0.0873 e. The molecule has 2 aromatic rings. The van der Waals surface area contributed by atoms with Crippen molar-refractivity contribution in [2.45, 2.75) is 76.8 Å². The fourth-order valence-electron chi connectivity index (χ4n) is 4.52. The van der Waals surface area contributed by atoms with E-state index in [0.717, 1.165) is 0 Å². The fourth-order valence-corrected chi connectivity index (χ4v) is 9.24. The van der Waals surface area contributed by atoms with Crippen LogP contribution in [-0.2, 0) is 5.41 Å². The van der Waals surface area contributed by atoms with Gasteiger partial charge in [0.15, 0.2) is 0 Å². The van der Waals surface area contributed by atoms with Gasteiger partial charge in [0.25, 0.3) is 0 Å². The number of allylic oxidation sites excluding steroid dienone is 4. The van der Waals surface area contributed by atoms with Gasteiger partial charge in [-0.25, -0.2) is 0 Å². The molecule has 0 spiro atoms.